The summed E-state index contributed by atoms with van der Waals surface area (Å²) < 4.78 is 6.09. The molecule has 1 spiro atoms. The smallest absolute Gasteiger partial charge is 0.0686 e. The molecule has 20 heavy (non-hydrogen) atoms. The molecule has 1 aromatic carbocycles. The average molecular weight is 273 g/mol. The maximum atomic E-state index is 6.09. The topological polar surface area (TPSA) is 21.3 Å². The second-order valence-corrected chi connectivity index (χ2v) is 6.58. The molecule has 2 nitrogen and oxygen atoms in total. The quantitative estimate of drug-likeness (QED) is 0.895. The van der Waals surface area contributed by atoms with Crippen LogP contribution in [0.15, 0.2) is 24.3 Å². The Bertz CT molecular complexity index is 435. The fourth-order valence-electron chi connectivity index (χ4n) is 3.82. The van der Waals surface area contributed by atoms with Crippen molar-refractivity contribution in [3.63, 3.8) is 0 Å². The lowest BCUT2D eigenvalue weighted by atomic mass is 9.69. The summed E-state index contributed by atoms with van der Waals surface area (Å²) in [7, 11) is 0. The van der Waals surface area contributed by atoms with Crippen LogP contribution in [0.4, 0.5) is 0 Å². The van der Waals surface area contributed by atoms with Crippen molar-refractivity contribution in [3.05, 3.63) is 35.4 Å². The number of ether oxygens (including phenoxy) is 1. The SMILES string of the molecule is CCNC(c1ccc(C)cc1)C1CCOC2(CCC2)C1. The van der Waals surface area contributed by atoms with E-state index in [1.807, 2.05) is 0 Å². The standard InChI is InChI=1S/C18H27NO/c1-3-19-17(15-7-5-14(2)6-8-15)16-9-12-20-18(13-16)10-4-11-18/h5-8,16-17,19H,3-4,9-13H2,1-2H3. The van der Waals surface area contributed by atoms with E-state index >= 15 is 0 Å². The van der Waals surface area contributed by atoms with Crippen molar-refractivity contribution in [2.45, 2.75) is 57.6 Å². The first-order valence-corrected chi connectivity index (χ1v) is 8.16. The molecular weight excluding hydrogens is 246 g/mol. The minimum absolute atomic E-state index is 0.237. The molecule has 3 rings (SSSR count). The largest absolute Gasteiger partial charge is 0.375 e. The first-order valence-electron chi connectivity index (χ1n) is 8.16. The molecule has 1 aliphatic carbocycles. The normalized spacial score (nSPS) is 26.2. The molecule has 2 unspecified atom stereocenters. The summed E-state index contributed by atoms with van der Waals surface area (Å²) in [4.78, 5) is 0. The molecular formula is C18H27NO. The van der Waals surface area contributed by atoms with Gasteiger partial charge in [0.25, 0.3) is 0 Å². The third-order valence-electron chi connectivity index (χ3n) is 5.13. The average Bonchev–Trinajstić information content (AvgIpc) is 2.44. The van der Waals surface area contributed by atoms with E-state index < -0.39 is 0 Å². The number of hydrogen-bond donors (Lipinski definition) is 1. The van der Waals surface area contributed by atoms with Crippen LogP contribution < -0.4 is 5.32 Å². The van der Waals surface area contributed by atoms with Crippen molar-refractivity contribution >= 4 is 0 Å². The molecule has 110 valence electrons. The lowest BCUT2D eigenvalue weighted by Gasteiger charge is -2.49. The molecule has 1 heterocycles. The first kappa shape index (κ1) is 14.1. The van der Waals surface area contributed by atoms with E-state index in [4.69, 9.17) is 4.74 Å². The molecule has 2 fully saturated rings. The van der Waals surface area contributed by atoms with Crippen molar-refractivity contribution < 1.29 is 4.74 Å². The van der Waals surface area contributed by atoms with Gasteiger partial charge in [0.05, 0.1) is 5.60 Å². The summed E-state index contributed by atoms with van der Waals surface area (Å²) in [5, 5.41) is 3.72. The molecule has 0 radical (unpaired) electrons. The minimum atomic E-state index is 0.237. The molecule has 2 atom stereocenters. The number of benzene rings is 1. The maximum absolute atomic E-state index is 6.09. The molecule has 2 heteroatoms. The van der Waals surface area contributed by atoms with Crippen LogP contribution >= 0.6 is 0 Å². The maximum Gasteiger partial charge on any atom is 0.0686 e. The lowest BCUT2D eigenvalue weighted by molar-refractivity contribution is -0.147. The van der Waals surface area contributed by atoms with Crippen LogP contribution in [0.2, 0.25) is 0 Å². The molecule has 1 N–H and O–H groups in total. The van der Waals surface area contributed by atoms with E-state index in [9.17, 15) is 0 Å². The first-order chi connectivity index (χ1) is 9.72. The van der Waals surface area contributed by atoms with Crippen LogP contribution in [0.1, 0.15) is 56.2 Å². The van der Waals surface area contributed by atoms with Crippen molar-refractivity contribution in [2.75, 3.05) is 13.2 Å². The third kappa shape index (κ3) is 2.77. The Balaban J connectivity index is 1.77. The molecule has 0 aromatic heterocycles. The highest BCUT2D eigenvalue weighted by Gasteiger charge is 2.44. The summed E-state index contributed by atoms with van der Waals surface area (Å²) in [5.41, 5.74) is 3.02. The van der Waals surface area contributed by atoms with Gasteiger partial charge in [-0.25, -0.2) is 0 Å². The Hall–Kier alpha value is -0.860. The van der Waals surface area contributed by atoms with E-state index in [1.165, 1.54) is 43.2 Å². The molecule has 0 amide bonds. The Morgan fingerprint density at radius 1 is 1.30 bits per heavy atom. The Morgan fingerprint density at radius 2 is 2.05 bits per heavy atom. The van der Waals surface area contributed by atoms with Gasteiger partial charge in [-0.05, 0) is 57.1 Å². The molecule has 1 saturated carbocycles. The Morgan fingerprint density at radius 3 is 2.65 bits per heavy atom. The number of hydrogen-bond acceptors (Lipinski definition) is 2. The van der Waals surface area contributed by atoms with Crippen LogP contribution in [0, 0.1) is 12.8 Å². The Labute approximate surface area is 122 Å². The predicted molar refractivity (Wildman–Crippen MR) is 82.9 cm³/mol. The fourth-order valence-corrected chi connectivity index (χ4v) is 3.82. The summed E-state index contributed by atoms with van der Waals surface area (Å²) in [6.45, 7) is 6.34. The minimum Gasteiger partial charge on any atom is -0.375 e. The molecule has 1 aliphatic heterocycles. The van der Waals surface area contributed by atoms with Crippen molar-refractivity contribution in [3.8, 4) is 0 Å². The third-order valence-corrected chi connectivity index (χ3v) is 5.13. The summed E-state index contributed by atoms with van der Waals surface area (Å²) in [5.74, 6) is 0.715. The van der Waals surface area contributed by atoms with E-state index in [0.717, 1.165) is 13.2 Å². The second-order valence-electron chi connectivity index (χ2n) is 6.58. The predicted octanol–water partition coefficient (Wildman–Crippen LogP) is 3.99. The monoisotopic (exact) mass is 273 g/mol. The van der Waals surface area contributed by atoms with Gasteiger partial charge >= 0.3 is 0 Å². The number of aryl methyl sites for hydroxylation is 1. The van der Waals surface area contributed by atoms with Gasteiger partial charge in [0.15, 0.2) is 0 Å². The van der Waals surface area contributed by atoms with E-state index in [0.29, 0.717) is 12.0 Å². The van der Waals surface area contributed by atoms with E-state index in [-0.39, 0.29) is 5.60 Å². The van der Waals surface area contributed by atoms with Gasteiger partial charge < -0.3 is 10.1 Å². The van der Waals surface area contributed by atoms with Gasteiger partial charge in [-0.3, -0.25) is 0 Å². The van der Waals surface area contributed by atoms with Crippen LogP contribution in [0.5, 0.6) is 0 Å². The summed E-state index contributed by atoms with van der Waals surface area (Å²) >= 11 is 0. The highest BCUT2D eigenvalue weighted by Crippen LogP contribution is 2.47. The van der Waals surface area contributed by atoms with Crippen LogP contribution in [0.25, 0.3) is 0 Å². The van der Waals surface area contributed by atoms with E-state index in [2.05, 4.69) is 43.4 Å². The van der Waals surface area contributed by atoms with E-state index in [1.54, 1.807) is 0 Å². The molecule has 1 aromatic rings. The fraction of sp³-hybridized carbons (Fsp3) is 0.667. The lowest BCUT2D eigenvalue weighted by Crippen LogP contribution is -2.48. The Kier molecular flexibility index (Phi) is 4.13. The van der Waals surface area contributed by atoms with Gasteiger partial charge in [0.1, 0.15) is 0 Å². The highest BCUT2D eigenvalue weighted by molar-refractivity contribution is 5.25. The van der Waals surface area contributed by atoms with Gasteiger partial charge in [-0.1, -0.05) is 36.8 Å². The zero-order valence-corrected chi connectivity index (χ0v) is 12.8. The van der Waals surface area contributed by atoms with Crippen LogP contribution in [0.3, 0.4) is 0 Å². The molecule has 2 aliphatic rings. The van der Waals surface area contributed by atoms with Crippen LogP contribution in [-0.4, -0.2) is 18.8 Å². The number of rotatable bonds is 4. The zero-order chi connectivity index (χ0) is 14.0. The zero-order valence-electron chi connectivity index (χ0n) is 12.8. The van der Waals surface area contributed by atoms with Gasteiger partial charge in [0, 0.05) is 12.6 Å². The molecule has 0 bridgehead atoms. The molecule has 1 saturated heterocycles. The van der Waals surface area contributed by atoms with Gasteiger partial charge in [-0.2, -0.15) is 0 Å². The second kappa shape index (κ2) is 5.87. The summed E-state index contributed by atoms with van der Waals surface area (Å²) in [6, 6.07) is 9.55. The van der Waals surface area contributed by atoms with Crippen molar-refractivity contribution in [1.29, 1.82) is 0 Å². The van der Waals surface area contributed by atoms with Gasteiger partial charge in [-0.15, -0.1) is 0 Å². The van der Waals surface area contributed by atoms with Crippen molar-refractivity contribution in [1.82, 2.24) is 5.32 Å². The van der Waals surface area contributed by atoms with Crippen LogP contribution in [-0.2, 0) is 4.74 Å². The highest BCUT2D eigenvalue weighted by atomic mass is 16.5. The number of nitrogens with one attached hydrogen (secondary N) is 1. The van der Waals surface area contributed by atoms with Crippen molar-refractivity contribution in [2.24, 2.45) is 5.92 Å². The summed E-state index contributed by atoms with van der Waals surface area (Å²) in [6.07, 6.45) is 6.32. The van der Waals surface area contributed by atoms with Gasteiger partial charge in [0.2, 0.25) is 0 Å².